The van der Waals surface area contributed by atoms with E-state index in [2.05, 4.69) is 46.9 Å². The zero-order valence-corrected chi connectivity index (χ0v) is 13.8. The highest BCUT2D eigenvalue weighted by Gasteiger charge is 2.24. The van der Waals surface area contributed by atoms with Crippen molar-refractivity contribution in [3.05, 3.63) is 41.7 Å². The SMILES string of the molecule is Cc1ccc(-n2ccnc2SC2CCCCNC2=O)c(C)c1. The summed E-state index contributed by atoms with van der Waals surface area (Å²) in [6.07, 6.45) is 6.83. The lowest BCUT2D eigenvalue weighted by atomic mass is 10.1. The van der Waals surface area contributed by atoms with E-state index in [1.807, 2.05) is 6.20 Å². The van der Waals surface area contributed by atoms with Gasteiger partial charge < -0.3 is 5.32 Å². The lowest BCUT2D eigenvalue weighted by Gasteiger charge is -2.15. The van der Waals surface area contributed by atoms with Crippen molar-refractivity contribution < 1.29 is 4.79 Å². The quantitative estimate of drug-likeness (QED) is 0.946. The van der Waals surface area contributed by atoms with Gasteiger partial charge in [0.15, 0.2) is 5.16 Å². The lowest BCUT2D eigenvalue weighted by molar-refractivity contribution is -0.120. The predicted molar refractivity (Wildman–Crippen MR) is 89.5 cm³/mol. The Morgan fingerprint density at radius 3 is 3.00 bits per heavy atom. The molecule has 5 heteroatoms. The highest BCUT2D eigenvalue weighted by Crippen LogP contribution is 2.29. The topological polar surface area (TPSA) is 46.9 Å². The molecule has 0 saturated carbocycles. The number of aromatic nitrogens is 2. The van der Waals surface area contributed by atoms with E-state index in [1.54, 1.807) is 18.0 Å². The molecule has 1 aliphatic rings. The maximum absolute atomic E-state index is 12.1. The molecule has 1 fully saturated rings. The number of aryl methyl sites for hydroxylation is 2. The molecular formula is C17H21N3OS. The van der Waals surface area contributed by atoms with Crippen molar-refractivity contribution in [2.75, 3.05) is 6.54 Å². The summed E-state index contributed by atoms with van der Waals surface area (Å²) in [7, 11) is 0. The van der Waals surface area contributed by atoms with Gasteiger partial charge in [0.25, 0.3) is 0 Å². The van der Waals surface area contributed by atoms with Crippen molar-refractivity contribution in [2.45, 2.75) is 43.5 Å². The second-order valence-corrected chi connectivity index (χ2v) is 6.93. The summed E-state index contributed by atoms with van der Waals surface area (Å²) >= 11 is 1.57. The van der Waals surface area contributed by atoms with Crippen molar-refractivity contribution in [2.24, 2.45) is 0 Å². The fourth-order valence-electron chi connectivity index (χ4n) is 2.79. The van der Waals surface area contributed by atoms with Crippen LogP contribution < -0.4 is 5.32 Å². The van der Waals surface area contributed by atoms with Crippen molar-refractivity contribution in [1.29, 1.82) is 0 Å². The molecule has 1 aliphatic heterocycles. The zero-order valence-electron chi connectivity index (χ0n) is 13.0. The van der Waals surface area contributed by atoms with E-state index in [9.17, 15) is 4.79 Å². The molecule has 1 amide bonds. The van der Waals surface area contributed by atoms with Gasteiger partial charge in [-0.1, -0.05) is 35.9 Å². The van der Waals surface area contributed by atoms with Gasteiger partial charge in [-0.2, -0.15) is 0 Å². The minimum absolute atomic E-state index is 0.0468. The molecule has 2 heterocycles. The van der Waals surface area contributed by atoms with Crippen molar-refractivity contribution in [3.63, 3.8) is 0 Å². The van der Waals surface area contributed by atoms with Gasteiger partial charge >= 0.3 is 0 Å². The molecule has 22 heavy (non-hydrogen) atoms. The van der Waals surface area contributed by atoms with Crippen molar-refractivity contribution in [3.8, 4) is 5.69 Å². The van der Waals surface area contributed by atoms with Gasteiger partial charge in [0.2, 0.25) is 5.91 Å². The maximum Gasteiger partial charge on any atom is 0.233 e. The first-order valence-corrected chi connectivity index (χ1v) is 8.58. The Hall–Kier alpha value is -1.75. The van der Waals surface area contributed by atoms with E-state index < -0.39 is 0 Å². The molecule has 1 saturated heterocycles. The largest absolute Gasteiger partial charge is 0.355 e. The van der Waals surface area contributed by atoms with E-state index in [1.165, 1.54) is 11.1 Å². The molecule has 0 spiro atoms. The number of amides is 1. The minimum Gasteiger partial charge on any atom is -0.355 e. The van der Waals surface area contributed by atoms with E-state index in [-0.39, 0.29) is 11.2 Å². The molecule has 1 N–H and O–H groups in total. The number of hydrogen-bond acceptors (Lipinski definition) is 3. The average molecular weight is 315 g/mol. The molecule has 1 atom stereocenters. The summed E-state index contributed by atoms with van der Waals surface area (Å²) in [6, 6.07) is 6.39. The van der Waals surface area contributed by atoms with Crippen molar-refractivity contribution in [1.82, 2.24) is 14.9 Å². The average Bonchev–Trinajstić information content (AvgIpc) is 2.83. The van der Waals surface area contributed by atoms with E-state index in [4.69, 9.17) is 0 Å². The fraction of sp³-hybridized carbons (Fsp3) is 0.412. The smallest absolute Gasteiger partial charge is 0.233 e. The Morgan fingerprint density at radius 2 is 2.18 bits per heavy atom. The van der Waals surface area contributed by atoms with Crippen LogP contribution in [0.1, 0.15) is 30.4 Å². The number of carbonyl (C=O) groups is 1. The van der Waals surface area contributed by atoms with Gasteiger partial charge in [-0.3, -0.25) is 9.36 Å². The Bertz CT molecular complexity index is 680. The van der Waals surface area contributed by atoms with Gasteiger partial charge in [0.1, 0.15) is 0 Å². The fourth-order valence-corrected chi connectivity index (χ4v) is 3.91. The molecule has 0 radical (unpaired) electrons. The maximum atomic E-state index is 12.1. The van der Waals surface area contributed by atoms with Crippen LogP contribution in [0.3, 0.4) is 0 Å². The summed E-state index contributed by atoms with van der Waals surface area (Å²) in [4.78, 5) is 16.6. The lowest BCUT2D eigenvalue weighted by Crippen LogP contribution is -2.30. The number of hydrogen-bond donors (Lipinski definition) is 1. The van der Waals surface area contributed by atoms with E-state index >= 15 is 0 Å². The summed E-state index contributed by atoms with van der Waals surface area (Å²) in [5.41, 5.74) is 3.59. The van der Waals surface area contributed by atoms with Gasteiger partial charge in [-0.15, -0.1) is 0 Å². The molecule has 0 aliphatic carbocycles. The normalized spacial score (nSPS) is 18.8. The molecule has 1 unspecified atom stereocenters. The second kappa shape index (κ2) is 6.57. The van der Waals surface area contributed by atoms with Gasteiger partial charge in [0, 0.05) is 18.9 Å². The summed E-state index contributed by atoms with van der Waals surface area (Å²) < 4.78 is 2.08. The Labute approximate surface area is 135 Å². The number of imidazole rings is 1. The molecular weight excluding hydrogens is 294 g/mol. The van der Waals surface area contributed by atoms with Crippen LogP contribution in [0.25, 0.3) is 5.69 Å². The molecule has 4 nitrogen and oxygen atoms in total. The number of carbonyl (C=O) groups excluding carboxylic acids is 1. The number of rotatable bonds is 3. The Morgan fingerprint density at radius 1 is 1.32 bits per heavy atom. The van der Waals surface area contributed by atoms with Gasteiger partial charge in [-0.05, 0) is 38.3 Å². The predicted octanol–water partition coefficient (Wildman–Crippen LogP) is 3.25. The van der Waals surface area contributed by atoms with Crippen LogP contribution in [0.5, 0.6) is 0 Å². The van der Waals surface area contributed by atoms with Crippen LogP contribution in [-0.4, -0.2) is 27.3 Å². The van der Waals surface area contributed by atoms with Crippen LogP contribution in [0.15, 0.2) is 35.7 Å². The highest BCUT2D eigenvalue weighted by atomic mass is 32.2. The molecule has 1 aromatic carbocycles. The number of benzene rings is 1. The molecule has 116 valence electrons. The van der Waals surface area contributed by atoms with Crippen LogP contribution in [0.2, 0.25) is 0 Å². The summed E-state index contributed by atoms with van der Waals surface area (Å²) in [5, 5.41) is 3.82. The standard InChI is InChI=1S/C17H21N3OS/c1-12-6-7-14(13(2)11-12)20-10-9-19-17(20)22-15-5-3-4-8-18-16(15)21/h6-7,9-11,15H,3-5,8H2,1-2H3,(H,18,21). The second-order valence-electron chi connectivity index (χ2n) is 5.76. The Kier molecular flexibility index (Phi) is 4.52. The summed E-state index contributed by atoms with van der Waals surface area (Å²) in [5.74, 6) is 0.137. The van der Waals surface area contributed by atoms with Crippen molar-refractivity contribution >= 4 is 17.7 Å². The molecule has 2 aromatic rings. The third kappa shape index (κ3) is 3.19. The Balaban J connectivity index is 1.87. The monoisotopic (exact) mass is 315 g/mol. The van der Waals surface area contributed by atoms with Gasteiger partial charge in [0.05, 0.1) is 10.9 Å². The van der Waals surface area contributed by atoms with Crippen LogP contribution in [-0.2, 0) is 4.79 Å². The minimum atomic E-state index is -0.0468. The van der Waals surface area contributed by atoms with E-state index in [0.717, 1.165) is 36.7 Å². The molecule has 1 aromatic heterocycles. The van der Waals surface area contributed by atoms with Crippen LogP contribution in [0.4, 0.5) is 0 Å². The number of nitrogens with one attached hydrogen (secondary N) is 1. The number of nitrogens with zero attached hydrogens (tertiary/aromatic N) is 2. The first-order chi connectivity index (χ1) is 10.6. The zero-order chi connectivity index (χ0) is 15.5. The summed E-state index contributed by atoms with van der Waals surface area (Å²) in [6.45, 7) is 4.99. The van der Waals surface area contributed by atoms with Gasteiger partial charge in [-0.25, -0.2) is 4.98 Å². The third-order valence-electron chi connectivity index (χ3n) is 3.95. The molecule has 3 rings (SSSR count). The number of thioether (sulfide) groups is 1. The van der Waals surface area contributed by atoms with E-state index in [0.29, 0.717) is 0 Å². The highest BCUT2D eigenvalue weighted by molar-refractivity contribution is 8.00. The first-order valence-electron chi connectivity index (χ1n) is 7.70. The molecule has 0 bridgehead atoms. The van der Waals surface area contributed by atoms with Crippen LogP contribution >= 0.6 is 11.8 Å². The third-order valence-corrected chi connectivity index (χ3v) is 5.20. The van der Waals surface area contributed by atoms with Crippen LogP contribution in [0, 0.1) is 13.8 Å². The first kappa shape index (κ1) is 15.2.